The maximum Gasteiger partial charge on any atom is 0.389 e. The number of nitrogens with zero attached hydrogens (tertiary/aromatic N) is 4. The normalized spacial score (nSPS) is 11.9. The van der Waals surface area contributed by atoms with Gasteiger partial charge in [-0.05, 0) is 20.3 Å². The third-order valence-electron chi connectivity index (χ3n) is 3.61. The van der Waals surface area contributed by atoms with Gasteiger partial charge in [0.15, 0.2) is 5.52 Å². The molecule has 0 bridgehead atoms. The Balaban J connectivity index is 2.47. The number of rotatable bonds is 6. The summed E-state index contributed by atoms with van der Waals surface area (Å²) < 4.78 is 38.0. The van der Waals surface area contributed by atoms with Crippen LogP contribution in [-0.2, 0) is 6.54 Å². The Kier molecular flexibility index (Phi) is 5.25. The van der Waals surface area contributed by atoms with Crippen LogP contribution in [0.15, 0.2) is 15.9 Å². The lowest BCUT2D eigenvalue weighted by atomic mass is 10.3. The van der Waals surface area contributed by atoms with E-state index in [2.05, 4.69) is 15.0 Å². The largest absolute Gasteiger partial charge is 0.389 e. The predicted molar refractivity (Wildman–Crippen MR) is 83.3 cm³/mol. The molecule has 2 heterocycles. The van der Waals surface area contributed by atoms with Crippen LogP contribution < -0.4 is 16.0 Å². The van der Waals surface area contributed by atoms with Crippen LogP contribution in [-0.4, -0.2) is 38.8 Å². The zero-order valence-electron chi connectivity index (χ0n) is 13.4. The van der Waals surface area contributed by atoms with Gasteiger partial charge in [0.05, 0.1) is 6.33 Å². The van der Waals surface area contributed by atoms with E-state index >= 15 is 0 Å². The molecule has 2 rings (SSSR count). The number of nitrogens with one attached hydrogen (secondary N) is 1. The van der Waals surface area contributed by atoms with E-state index in [1.807, 2.05) is 13.8 Å². The molecule has 0 aliphatic rings. The fraction of sp³-hybridized carbons (Fsp3) is 0.571. The zero-order chi connectivity index (χ0) is 17.9. The lowest BCUT2D eigenvalue weighted by molar-refractivity contribution is -0.135. The summed E-state index contributed by atoms with van der Waals surface area (Å²) in [5.74, 6) is 0.120. The number of imidazole rings is 1. The van der Waals surface area contributed by atoms with Crippen LogP contribution in [0.4, 0.5) is 19.1 Å². The van der Waals surface area contributed by atoms with Gasteiger partial charge in [0.25, 0.3) is 5.56 Å². The molecular formula is C14H18F3N5O2. The van der Waals surface area contributed by atoms with Gasteiger partial charge in [-0.15, -0.1) is 0 Å². The Labute approximate surface area is 135 Å². The lowest BCUT2D eigenvalue weighted by Gasteiger charge is -2.16. The van der Waals surface area contributed by atoms with Gasteiger partial charge in [-0.2, -0.15) is 18.2 Å². The van der Waals surface area contributed by atoms with E-state index < -0.39 is 23.7 Å². The van der Waals surface area contributed by atoms with Crippen LogP contribution in [0.5, 0.6) is 0 Å². The van der Waals surface area contributed by atoms with Gasteiger partial charge in [0.2, 0.25) is 5.95 Å². The number of aryl methyl sites for hydroxylation is 1. The van der Waals surface area contributed by atoms with Crippen molar-refractivity contribution < 1.29 is 13.2 Å². The summed E-state index contributed by atoms with van der Waals surface area (Å²) in [5, 5.41) is 0. The maximum absolute atomic E-state index is 12.4. The van der Waals surface area contributed by atoms with Gasteiger partial charge < -0.3 is 9.47 Å². The quantitative estimate of drug-likeness (QED) is 0.861. The molecule has 2 aromatic rings. The van der Waals surface area contributed by atoms with Crippen molar-refractivity contribution in [3.8, 4) is 0 Å². The highest BCUT2D eigenvalue weighted by Gasteiger charge is 2.26. The molecule has 0 aliphatic heterocycles. The van der Waals surface area contributed by atoms with Crippen LogP contribution in [0, 0.1) is 0 Å². The Morgan fingerprint density at radius 3 is 2.50 bits per heavy atom. The molecular weight excluding hydrogens is 327 g/mol. The molecule has 132 valence electrons. The molecule has 24 heavy (non-hydrogen) atoms. The lowest BCUT2D eigenvalue weighted by Crippen LogP contribution is -2.26. The van der Waals surface area contributed by atoms with E-state index in [1.165, 1.54) is 10.9 Å². The topological polar surface area (TPSA) is 83.9 Å². The first-order valence-electron chi connectivity index (χ1n) is 7.58. The van der Waals surface area contributed by atoms with Gasteiger partial charge in [0, 0.05) is 26.1 Å². The molecule has 0 aromatic carbocycles. The average Bonchev–Trinajstić information content (AvgIpc) is 2.86. The van der Waals surface area contributed by atoms with Crippen LogP contribution >= 0.6 is 0 Å². The van der Waals surface area contributed by atoms with Crippen LogP contribution in [0.2, 0.25) is 0 Å². The highest BCUT2D eigenvalue weighted by molar-refractivity contribution is 5.72. The van der Waals surface area contributed by atoms with Crippen molar-refractivity contribution in [2.75, 3.05) is 18.0 Å². The highest BCUT2D eigenvalue weighted by Crippen LogP contribution is 2.21. The van der Waals surface area contributed by atoms with Crippen molar-refractivity contribution in [2.24, 2.45) is 0 Å². The fourth-order valence-corrected chi connectivity index (χ4v) is 2.41. The number of halogens is 3. The van der Waals surface area contributed by atoms with Gasteiger partial charge in [-0.3, -0.25) is 14.6 Å². The van der Waals surface area contributed by atoms with Gasteiger partial charge in [0.1, 0.15) is 5.52 Å². The molecule has 0 amide bonds. The van der Waals surface area contributed by atoms with Gasteiger partial charge in [-0.1, -0.05) is 0 Å². The first-order chi connectivity index (χ1) is 11.3. The van der Waals surface area contributed by atoms with Gasteiger partial charge in [-0.25, -0.2) is 4.98 Å². The minimum absolute atomic E-state index is 0.0620. The van der Waals surface area contributed by atoms with Crippen molar-refractivity contribution in [2.45, 2.75) is 39.4 Å². The maximum atomic E-state index is 12.4. The molecule has 0 aliphatic carbocycles. The van der Waals surface area contributed by atoms with Crippen molar-refractivity contribution in [3.05, 3.63) is 27.0 Å². The number of hydrogen-bond acceptors (Lipinski definition) is 5. The van der Waals surface area contributed by atoms with Crippen LogP contribution in [0.1, 0.15) is 26.7 Å². The SMILES string of the molecule is CCN(CC)c1nc(=O)c2ncn(CCCC(F)(F)F)c2c(=O)[nH]1. The zero-order valence-corrected chi connectivity index (χ0v) is 13.4. The first kappa shape index (κ1) is 18.0. The fourth-order valence-electron chi connectivity index (χ4n) is 2.41. The summed E-state index contributed by atoms with van der Waals surface area (Å²) in [6, 6.07) is 0. The Morgan fingerprint density at radius 1 is 1.25 bits per heavy atom. The standard InChI is InChI=1S/C14H18F3N5O2/c1-3-21(4-2)13-19-11(23)9-10(12(24)20-13)22(8-18-9)7-5-6-14(15,16)17/h8H,3-7H2,1-2H3,(H,19,20,23,24). The molecule has 7 nitrogen and oxygen atoms in total. The summed E-state index contributed by atoms with van der Waals surface area (Å²) in [4.78, 5) is 36.5. The Bertz CT molecular complexity index is 824. The second kappa shape index (κ2) is 7.02. The molecule has 0 atom stereocenters. The molecule has 0 spiro atoms. The summed E-state index contributed by atoms with van der Waals surface area (Å²) in [6.45, 7) is 4.69. The molecule has 10 heteroatoms. The number of aromatic nitrogens is 4. The summed E-state index contributed by atoms with van der Waals surface area (Å²) in [6.07, 6.45) is -4.26. The summed E-state index contributed by atoms with van der Waals surface area (Å²) in [7, 11) is 0. The summed E-state index contributed by atoms with van der Waals surface area (Å²) in [5.41, 5.74) is -1.51. The van der Waals surface area contributed by atoms with E-state index in [0.29, 0.717) is 13.1 Å². The Morgan fingerprint density at radius 2 is 1.92 bits per heavy atom. The molecule has 1 N–H and O–H groups in total. The van der Waals surface area contributed by atoms with Gasteiger partial charge >= 0.3 is 11.7 Å². The highest BCUT2D eigenvalue weighted by atomic mass is 19.4. The smallest absolute Gasteiger partial charge is 0.343 e. The summed E-state index contributed by atoms with van der Waals surface area (Å²) >= 11 is 0. The first-order valence-corrected chi connectivity index (χ1v) is 7.58. The predicted octanol–water partition coefficient (Wildman–Crippen LogP) is 1.67. The number of hydrogen-bond donors (Lipinski definition) is 1. The molecule has 2 aromatic heterocycles. The molecule has 0 saturated heterocycles. The third kappa shape index (κ3) is 3.92. The number of H-pyrrole nitrogens is 1. The minimum atomic E-state index is -4.27. The molecule has 0 radical (unpaired) electrons. The van der Waals surface area contributed by atoms with E-state index in [9.17, 15) is 22.8 Å². The van der Waals surface area contributed by atoms with E-state index in [4.69, 9.17) is 0 Å². The molecule has 0 unspecified atom stereocenters. The number of fused-ring (bicyclic) bond motifs is 1. The Hall–Kier alpha value is -2.39. The number of alkyl halides is 3. The second-order valence-electron chi connectivity index (χ2n) is 5.22. The van der Waals surface area contributed by atoms with Crippen molar-refractivity contribution in [1.29, 1.82) is 0 Å². The van der Waals surface area contributed by atoms with Crippen molar-refractivity contribution in [1.82, 2.24) is 19.5 Å². The van der Waals surface area contributed by atoms with E-state index in [-0.39, 0.29) is 29.9 Å². The van der Waals surface area contributed by atoms with Crippen LogP contribution in [0.25, 0.3) is 11.0 Å². The van der Waals surface area contributed by atoms with Crippen molar-refractivity contribution >= 4 is 17.0 Å². The minimum Gasteiger partial charge on any atom is -0.343 e. The van der Waals surface area contributed by atoms with E-state index in [0.717, 1.165) is 0 Å². The molecule has 0 fully saturated rings. The van der Waals surface area contributed by atoms with Crippen LogP contribution in [0.3, 0.4) is 0 Å². The number of anilines is 1. The average molecular weight is 345 g/mol. The number of aromatic amines is 1. The van der Waals surface area contributed by atoms with Crippen molar-refractivity contribution in [3.63, 3.8) is 0 Å². The third-order valence-corrected chi connectivity index (χ3v) is 3.61. The van der Waals surface area contributed by atoms with E-state index in [1.54, 1.807) is 4.90 Å². The monoisotopic (exact) mass is 345 g/mol. The molecule has 0 saturated carbocycles. The second-order valence-corrected chi connectivity index (χ2v) is 5.22.